The Morgan fingerprint density at radius 1 is 1.30 bits per heavy atom. The summed E-state index contributed by atoms with van der Waals surface area (Å²) >= 11 is 0. The van der Waals surface area contributed by atoms with E-state index in [1.165, 1.54) is 7.11 Å². The second-order valence-corrected chi connectivity index (χ2v) is 5.36. The molecule has 0 aliphatic rings. The lowest BCUT2D eigenvalue weighted by Crippen LogP contribution is -2.44. The molecular weight excluding hydrogens is 254 g/mol. The van der Waals surface area contributed by atoms with Gasteiger partial charge in [-0.1, -0.05) is 44.2 Å². The Bertz CT molecular complexity index is 405. The van der Waals surface area contributed by atoms with Crippen molar-refractivity contribution in [1.82, 2.24) is 0 Å². The largest absolute Gasteiger partial charge is 0.468 e. The van der Waals surface area contributed by atoms with Crippen LogP contribution in [0, 0.1) is 5.92 Å². The van der Waals surface area contributed by atoms with Crippen molar-refractivity contribution < 1.29 is 14.3 Å². The Labute approximate surface area is 121 Å². The molecule has 1 aromatic rings. The van der Waals surface area contributed by atoms with Crippen molar-refractivity contribution in [2.24, 2.45) is 11.7 Å². The van der Waals surface area contributed by atoms with E-state index in [1.807, 2.05) is 30.3 Å². The number of methoxy groups -OCH3 is 1. The number of hydrogen-bond acceptors (Lipinski definition) is 4. The topological polar surface area (TPSA) is 61.5 Å². The summed E-state index contributed by atoms with van der Waals surface area (Å²) in [5.74, 6) is 0.163. The molecule has 0 saturated carbocycles. The molecule has 1 unspecified atom stereocenters. The van der Waals surface area contributed by atoms with E-state index in [0.717, 1.165) is 5.56 Å². The smallest absolute Gasteiger partial charge is 0.317 e. The third kappa shape index (κ3) is 4.05. The van der Waals surface area contributed by atoms with Crippen molar-refractivity contribution in [2.75, 3.05) is 26.9 Å². The fourth-order valence-electron chi connectivity index (χ4n) is 2.19. The van der Waals surface area contributed by atoms with Gasteiger partial charge >= 0.3 is 5.97 Å². The van der Waals surface area contributed by atoms with Crippen LogP contribution in [0.4, 0.5) is 0 Å². The number of esters is 1. The predicted octanol–water partition coefficient (Wildman–Crippen LogP) is 2.12. The summed E-state index contributed by atoms with van der Waals surface area (Å²) in [5.41, 5.74) is 5.95. The van der Waals surface area contributed by atoms with Gasteiger partial charge in [0.05, 0.1) is 7.11 Å². The number of carbonyl (C=O) groups is 1. The molecule has 0 amide bonds. The maximum atomic E-state index is 12.2. The lowest BCUT2D eigenvalue weighted by molar-refractivity contribution is -0.148. The quantitative estimate of drug-likeness (QED) is 0.585. The molecule has 1 aromatic carbocycles. The summed E-state index contributed by atoms with van der Waals surface area (Å²) in [6, 6.07) is 9.53. The fourth-order valence-corrected chi connectivity index (χ4v) is 2.19. The molecule has 20 heavy (non-hydrogen) atoms. The first-order valence-corrected chi connectivity index (χ1v) is 6.98. The van der Waals surface area contributed by atoms with E-state index in [2.05, 4.69) is 13.8 Å². The minimum atomic E-state index is -0.826. The third-order valence-corrected chi connectivity index (χ3v) is 3.38. The van der Waals surface area contributed by atoms with Crippen LogP contribution in [0.25, 0.3) is 0 Å². The zero-order chi connectivity index (χ0) is 15.0. The van der Waals surface area contributed by atoms with Gasteiger partial charge in [0.2, 0.25) is 0 Å². The van der Waals surface area contributed by atoms with Gasteiger partial charge in [0, 0.05) is 19.8 Å². The molecule has 2 N–H and O–H groups in total. The fraction of sp³-hybridized carbons (Fsp3) is 0.562. The van der Waals surface area contributed by atoms with Crippen molar-refractivity contribution in [3.05, 3.63) is 35.9 Å². The monoisotopic (exact) mass is 279 g/mol. The molecule has 0 aromatic heterocycles. The Morgan fingerprint density at radius 2 is 1.95 bits per heavy atom. The van der Waals surface area contributed by atoms with Crippen molar-refractivity contribution in [3.63, 3.8) is 0 Å². The third-order valence-electron chi connectivity index (χ3n) is 3.38. The number of nitrogens with two attached hydrogens (primary N) is 1. The normalized spacial score (nSPS) is 14.1. The Kier molecular flexibility index (Phi) is 6.68. The van der Waals surface area contributed by atoms with Crippen LogP contribution in [0.5, 0.6) is 0 Å². The van der Waals surface area contributed by atoms with Gasteiger partial charge in [0.15, 0.2) is 0 Å². The van der Waals surface area contributed by atoms with Gasteiger partial charge in [-0.05, 0) is 17.9 Å². The molecule has 0 radical (unpaired) electrons. The standard InChI is InChI=1S/C16H25NO3/c1-13(2)11-20-10-9-16(12-17,15(18)19-3)14-7-5-4-6-8-14/h4-8,13H,9-12,17H2,1-3H3. The minimum absolute atomic E-state index is 0.203. The summed E-state index contributed by atoms with van der Waals surface area (Å²) in [6.07, 6.45) is 0.521. The van der Waals surface area contributed by atoms with E-state index >= 15 is 0 Å². The van der Waals surface area contributed by atoms with Crippen LogP contribution in [-0.2, 0) is 19.7 Å². The minimum Gasteiger partial charge on any atom is -0.468 e. The molecule has 0 heterocycles. The highest BCUT2D eigenvalue weighted by atomic mass is 16.5. The van der Waals surface area contributed by atoms with E-state index < -0.39 is 5.41 Å². The van der Waals surface area contributed by atoms with Crippen molar-refractivity contribution in [3.8, 4) is 0 Å². The molecule has 1 rings (SSSR count). The van der Waals surface area contributed by atoms with Crippen LogP contribution in [0.3, 0.4) is 0 Å². The first-order chi connectivity index (χ1) is 9.56. The molecule has 0 fully saturated rings. The van der Waals surface area contributed by atoms with Gasteiger partial charge in [-0.15, -0.1) is 0 Å². The van der Waals surface area contributed by atoms with Gasteiger partial charge in [0.1, 0.15) is 5.41 Å². The van der Waals surface area contributed by atoms with E-state index in [9.17, 15) is 4.79 Å². The Hall–Kier alpha value is -1.39. The lowest BCUT2D eigenvalue weighted by atomic mass is 9.78. The van der Waals surface area contributed by atoms with E-state index in [-0.39, 0.29) is 12.5 Å². The summed E-state index contributed by atoms with van der Waals surface area (Å²) in [6.45, 7) is 5.55. The molecule has 4 heteroatoms. The molecule has 0 saturated heterocycles. The van der Waals surface area contributed by atoms with Crippen molar-refractivity contribution in [2.45, 2.75) is 25.7 Å². The molecule has 112 valence electrons. The molecule has 0 aliphatic heterocycles. The average molecular weight is 279 g/mol. The summed E-state index contributed by atoms with van der Waals surface area (Å²) in [5, 5.41) is 0. The predicted molar refractivity (Wildman–Crippen MR) is 79.5 cm³/mol. The van der Waals surface area contributed by atoms with E-state index in [1.54, 1.807) is 0 Å². The second kappa shape index (κ2) is 8.02. The molecule has 0 bridgehead atoms. The molecule has 4 nitrogen and oxygen atoms in total. The van der Waals surface area contributed by atoms with Crippen molar-refractivity contribution in [1.29, 1.82) is 0 Å². The Morgan fingerprint density at radius 3 is 2.45 bits per heavy atom. The first-order valence-electron chi connectivity index (χ1n) is 6.98. The van der Waals surface area contributed by atoms with E-state index in [4.69, 9.17) is 15.2 Å². The highest BCUT2D eigenvalue weighted by molar-refractivity contribution is 5.83. The number of rotatable bonds is 8. The first kappa shape index (κ1) is 16.7. The van der Waals surface area contributed by atoms with Crippen LogP contribution in [-0.4, -0.2) is 32.8 Å². The Balaban J connectivity index is 2.87. The number of carbonyl (C=O) groups excluding carboxylic acids is 1. The zero-order valence-corrected chi connectivity index (χ0v) is 12.6. The van der Waals surface area contributed by atoms with Crippen LogP contribution >= 0.6 is 0 Å². The van der Waals surface area contributed by atoms with Crippen LogP contribution in [0.1, 0.15) is 25.8 Å². The van der Waals surface area contributed by atoms with Gasteiger partial charge in [-0.3, -0.25) is 4.79 Å². The van der Waals surface area contributed by atoms with Crippen LogP contribution in [0.15, 0.2) is 30.3 Å². The van der Waals surface area contributed by atoms with Crippen LogP contribution in [0.2, 0.25) is 0 Å². The highest BCUT2D eigenvalue weighted by Crippen LogP contribution is 2.28. The molecule has 1 atom stereocenters. The summed E-state index contributed by atoms with van der Waals surface area (Å²) in [4.78, 5) is 12.2. The van der Waals surface area contributed by atoms with Gasteiger partial charge < -0.3 is 15.2 Å². The zero-order valence-electron chi connectivity index (χ0n) is 12.6. The summed E-state index contributed by atoms with van der Waals surface area (Å²) < 4.78 is 10.6. The SMILES string of the molecule is COC(=O)C(CN)(CCOCC(C)C)c1ccccc1. The highest BCUT2D eigenvalue weighted by Gasteiger charge is 2.39. The number of ether oxygens (including phenoxy) is 2. The van der Waals surface area contributed by atoms with Gasteiger partial charge in [0.25, 0.3) is 0 Å². The van der Waals surface area contributed by atoms with Gasteiger partial charge in [-0.25, -0.2) is 0 Å². The second-order valence-electron chi connectivity index (χ2n) is 5.36. The number of hydrogen-bond donors (Lipinski definition) is 1. The van der Waals surface area contributed by atoms with Crippen LogP contribution < -0.4 is 5.73 Å². The lowest BCUT2D eigenvalue weighted by Gasteiger charge is -2.30. The molecular formula is C16H25NO3. The number of benzene rings is 1. The summed E-state index contributed by atoms with van der Waals surface area (Å²) in [7, 11) is 1.39. The van der Waals surface area contributed by atoms with Gasteiger partial charge in [-0.2, -0.15) is 0 Å². The maximum absolute atomic E-state index is 12.2. The van der Waals surface area contributed by atoms with E-state index in [0.29, 0.717) is 25.6 Å². The maximum Gasteiger partial charge on any atom is 0.317 e. The molecule has 0 aliphatic carbocycles. The van der Waals surface area contributed by atoms with Crippen molar-refractivity contribution >= 4 is 5.97 Å². The average Bonchev–Trinajstić information content (AvgIpc) is 2.48. The molecule has 0 spiro atoms.